The molecular formula is C8H7F5N4O2. The molecule has 1 aliphatic carbocycles. The first-order chi connectivity index (χ1) is 8.60. The lowest BCUT2D eigenvalue weighted by atomic mass is 10.1. The molecule has 1 aliphatic rings. The van der Waals surface area contributed by atoms with E-state index >= 15 is 0 Å². The molecule has 2 rings (SSSR count). The first kappa shape index (κ1) is 13.6. The van der Waals surface area contributed by atoms with Crippen molar-refractivity contribution in [2.75, 3.05) is 0 Å². The molecule has 0 aliphatic heterocycles. The van der Waals surface area contributed by atoms with Gasteiger partial charge in [-0.05, 0) is 23.3 Å². The number of aromatic nitrogens is 4. The average molecular weight is 286 g/mol. The average Bonchev–Trinajstić information content (AvgIpc) is 2.87. The number of carbonyl (C=O) groups is 1. The van der Waals surface area contributed by atoms with Crippen LogP contribution in [0.1, 0.15) is 18.7 Å². The molecule has 1 aromatic heterocycles. The van der Waals surface area contributed by atoms with Crippen LogP contribution in [-0.2, 0) is 17.3 Å². The highest BCUT2D eigenvalue weighted by Gasteiger charge is 2.63. The van der Waals surface area contributed by atoms with Crippen molar-refractivity contribution in [1.82, 2.24) is 20.2 Å². The van der Waals surface area contributed by atoms with E-state index in [1.807, 2.05) is 0 Å². The molecule has 0 aromatic carbocycles. The number of alkyl halides is 5. The minimum Gasteiger partial charge on any atom is -0.481 e. The van der Waals surface area contributed by atoms with Crippen molar-refractivity contribution < 1.29 is 31.9 Å². The smallest absolute Gasteiger partial charge is 0.461 e. The van der Waals surface area contributed by atoms with Gasteiger partial charge >= 0.3 is 18.1 Å². The van der Waals surface area contributed by atoms with Crippen molar-refractivity contribution in [3.8, 4) is 0 Å². The Morgan fingerprint density at radius 3 is 2.32 bits per heavy atom. The summed E-state index contributed by atoms with van der Waals surface area (Å²) in [6.07, 6.45) is -5.49. The maximum atomic E-state index is 13.1. The highest BCUT2D eigenvalue weighted by molar-refractivity contribution is 5.77. The Morgan fingerprint density at radius 1 is 1.32 bits per heavy atom. The Bertz CT molecular complexity index is 507. The molecule has 6 nitrogen and oxygen atoms in total. The van der Waals surface area contributed by atoms with Crippen LogP contribution in [0.2, 0.25) is 0 Å². The summed E-state index contributed by atoms with van der Waals surface area (Å²) < 4.78 is 63.1. The van der Waals surface area contributed by atoms with Gasteiger partial charge in [-0.3, -0.25) is 4.79 Å². The highest BCUT2D eigenvalue weighted by atomic mass is 19.4. The first-order valence-electron chi connectivity index (χ1n) is 5.05. The number of rotatable bonds is 4. The van der Waals surface area contributed by atoms with Crippen LogP contribution in [0.15, 0.2) is 0 Å². The summed E-state index contributed by atoms with van der Waals surface area (Å²) in [6.45, 7) is -0.615. The van der Waals surface area contributed by atoms with E-state index in [9.17, 15) is 26.7 Å². The van der Waals surface area contributed by atoms with E-state index in [0.29, 0.717) is 0 Å². The number of hydrogen-bond acceptors (Lipinski definition) is 4. The predicted octanol–water partition coefficient (Wildman–Crippen LogP) is 1.19. The highest BCUT2D eigenvalue weighted by Crippen LogP contribution is 2.49. The molecule has 0 saturated heterocycles. The van der Waals surface area contributed by atoms with Gasteiger partial charge in [-0.25, -0.2) is 4.68 Å². The molecule has 1 fully saturated rings. The minimum atomic E-state index is -5.85. The molecule has 1 N–H and O–H groups in total. The summed E-state index contributed by atoms with van der Waals surface area (Å²) in [5, 5.41) is 17.3. The lowest BCUT2D eigenvalue weighted by Crippen LogP contribution is -2.37. The second kappa shape index (κ2) is 3.84. The topological polar surface area (TPSA) is 80.9 Å². The molecule has 0 radical (unpaired) electrons. The minimum absolute atomic E-state index is 0.180. The molecule has 1 saturated carbocycles. The van der Waals surface area contributed by atoms with Crippen LogP contribution in [-0.4, -0.2) is 37.5 Å². The monoisotopic (exact) mass is 286 g/mol. The van der Waals surface area contributed by atoms with Crippen LogP contribution in [0.4, 0.5) is 22.0 Å². The zero-order chi connectivity index (χ0) is 14.5. The van der Waals surface area contributed by atoms with E-state index in [4.69, 9.17) is 5.11 Å². The fourth-order valence-electron chi connectivity index (χ4n) is 1.54. The molecule has 0 spiro atoms. The van der Waals surface area contributed by atoms with Gasteiger partial charge in [0.1, 0.15) is 0 Å². The molecule has 0 atom stereocenters. The van der Waals surface area contributed by atoms with Gasteiger partial charge in [-0.1, -0.05) is 0 Å². The van der Waals surface area contributed by atoms with Crippen molar-refractivity contribution in [2.45, 2.75) is 31.5 Å². The van der Waals surface area contributed by atoms with Gasteiger partial charge in [0.05, 0.1) is 12.0 Å². The van der Waals surface area contributed by atoms with Gasteiger partial charge in [-0.15, -0.1) is 5.10 Å². The Morgan fingerprint density at radius 2 is 1.89 bits per heavy atom. The summed E-state index contributed by atoms with van der Waals surface area (Å²) in [5.41, 5.74) is -1.36. The van der Waals surface area contributed by atoms with Crippen molar-refractivity contribution in [3.63, 3.8) is 0 Å². The van der Waals surface area contributed by atoms with Gasteiger partial charge in [0, 0.05) is 0 Å². The molecule has 0 amide bonds. The van der Waals surface area contributed by atoms with Gasteiger partial charge in [0.2, 0.25) is 5.82 Å². The molecule has 106 valence electrons. The summed E-state index contributed by atoms with van der Waals surface area (Å²) in [5.74, 6) is -8.21. The third kappa shape index (κ3) is 2.12. The van der Waals surface area contributed by atoms with Crippen molar-refractivity contribution >= 4 is 5.97 Å². The second-order valence-electron chi connectivity index (χ2n) is 4.32. The number of tetrazole rings is 1. The van der Waals surface area contributed by atoms with Crippen LogP contribution in [0.3, 0.4) is 0 Å². The summed E-state index contributed by atoms with van der Waals surface area (Å²) in [4.78, 5) is 10.9. The van der Waals surface area contributed by atoms with Crippen LogP contribution in [0.5, 0.6) is 0 Å². The molecular weight excluding hydrogens is 279 g/mol. The molecule has 1 aromatic rings. The zero-order valence-electron chi connectivity index (χ0n) is 9.16. The third-order valence-electron chi connectivity index (χ3n) is 2.93. The van der Waals surface area contributed by atoms with E-state index in [1.165, 1.54) is 0 Å². The quantitative estimate of drug-likeness (QED) is 0.841. The van der Waals surface area contributed by atoms with Crippen LogP contribution in [0, 0.1) is 5.41 Å². The summed E-state index contributed by atoms with van der Waals surface area (Å²) in [6, 6.07) is 0. The fraction of sp³-hybridized carbons (Fsp3) is 0.750. The van der Waals surface area contributed by atoms with E-state index in [0.717, 1.165) is 0 Å². The Balaban J connectivity index is 2.31. The number of hydrogen-bond donors (Lipinski definition) is 1. The second-order valence-corrected chi connectivity index (χ2v) is 4.32. The molecule has 1 heterocycles. The molecule has 11 heteroatoms. The lowest BCUT2D eigenvalue weighted by Gasteiger charge is -2.19. The zero-order valence-corrected chi connectivity index (χ0v) is 9.16. The van der Waals surface area contributed by atoms with Crippen LogP contribution in [0.25, 0.3) is 0 Å². The van der Waals surface area contributed by atoms with Gasteiger partial charge in [0.25, 0.3) is 0 Å². The third-order valence-corrected chi connectivity index (χ3v) is 2.93. The molecule has 19 heavy (non-hydrogen) atoms. The number of carboxylic acids is 1. The molecule has 0 bridgehead atoms. The predicted molar refractivity (Wildman–Crippen MR) is 47.1 cm³/mol. The van der Waals surface area contributed by atoms with Crippen molar-refractivity contribution in [2.24, 2.45) is 5.41 Å². The normalized spacial score (nSPS) is 18.4. The largest absolute Gasteiger partial charge is 0.481 e. The Kier molecular flexibility index (Phi) is 2.75. The van der Waals surface area contributed by atoms with Gasteiger partial charge in [-0.2, -0.15) is 22.0 Å². The lowest BCUT2D eigenvalue weighted by molar-refractivity contribution is -0.293. The number of nitrogens with zero attached hydrogens (tertiary/aromatic N) is 4. The Hall–Kier alpha value is -1.81. The molecule has 0 unspecified atom stereocenters. The maximum Gasteiger partial charge on any atom is 0.461 e. The maximum absolute atomic E-state index is 13.1. The SMILES string of the molecule is O=C(O)C1(Cn2nnnc2C(F)(F)C(F)(F)F)CC1. The summed E-state index contributed by atoms with van der Waals surface area (Å²) in [7, 11) is 0. The van der Waals surface area contributed by atoms with E-state index in [-0.39, 0.29) is 17.5 Å². The van der Waals surface area contributed by atoms with Crippen LogP contribution < -0.4 is 0 Å². The van der Waals surface area contributed by atoms with Crippen molar-refractivity contribution in [3.05, 3.63) is 5.82 Å². The van der Waals surface area contributed by atoms with E-state index in [1.54, 1.807) is 0 Å². The number of aliphatic carboxylic acids is 1. The van der Waals surface area contributed by atoms with Crippen LogP contribution >= 0.6 is 0 Å². The Labute approximate surface area is 102 Å². The van der Waals surface area contributed by atoms with E-state index in [2.05, 4.69) is 15.5 Å². The van der Waals surface area contributed by atoms with Crippen molar-refractivity contribution in [1.29, 1.82) is 0 Å². The number of carboxylic acid groups (broad SMARTS) is 1. The van der Waals surface area contributed by atoms with Gasteiger partial charge < -0.3 is 5.11 Å². The van der Waals surface area contributed by atoms with E-state index < -0.39 is 35.9 Å². The van der Waals surface area contributed by atoms with Gasteiger partial charge in [0.15, 0.2) is 0 Å². The fourth-order valence-corrected chi connectivity index (χ4v) is 1.54. The number of halogens is 5. The first-order valence-corrected chi connectivity index (χ1v) is 5.05. The standard InChI is InChI=1S/C8H7F5N4O2/c9-7(10,8(11,12)13)4-14-15-16-17(4)3-6(1-2-6)5(18)19/h1-3H2,(H,18,19). The summed E-state index contributed by atoms with van der Waals surface area (Å²) >= 11 is 0.